The van der Waals surface area contributed by atoms with Crippen molar-refractivity contribution in [1.29, 1.82) is 0 Å². The molecule has 0 aromatic heterocycles. The van der Waals surface area contributed by atoms with Gasteiger partial charge in [-0.1, -0.05) is 54.4 Å². The van der Waals surface area contributed by atoms with Gasteiger partial charge in [0.1, 0.15) is 0 Å². The molecule has 0 aromatic rings. The number of hydrogen-bond donors (Lipinski definition) is 0. The van der Waals surface area contributed by atoms with Crippen molar-refractivity contribution >= 4 is 17.6 Å². The van der Waals surface area contributed by atoms with E-state index in [1.807, 2.05) is 0 Å². The van der Waals surface area contributed by atoms with Gasteiger partial charge in [-0.15, -0.1) is 0 Å². The maximum Gasteiger partial charge on any atom is 0.257 e. The SMILES string of the molecule is CC1C(B(Cl)C2C[C@H]3C[C@@H](C2C)C3(C)C)C[C@H]2C[C@@H]1C2(C)C. The maximum absolute atomic E-state index is 7.19. The highest BCUT2D eigenvalue weighted by Crippen LogP contribution is 2.69. The smallest absolute Gasteiger partial charge is 0.195 e. The molecule has 6 saturated carbocycles. The Morgan fingerprint density at radius 1 is 0.727 bits per heavy atom. The van der Waals surface area contributed by atoms with Crippen molar-refractivity contribution < 1.29 is 0 Å². The van der Waals surface area contributed by atoms with Crippen molar-refractivity contribution in [2.45, 2.75) is 78.9 Å². The third-order valence-corrected chi connectivity index (χ3v) is 10.3. The van der Waals surface area contributed by atoms with Gasteiger partial charge in [0.15, 0.2) is 0 Å². The van der Waals surface area contributed by atoms with Crippen molar-refractivity contribution in [3.05, 3.63) is 0 Å². The van der Waals surface area contributed by atoms with Gasteiger partial charge in [-0.3, -0.25) is 0 Å². The summed E-state index contributed by atoms with van der Waals surface area (Å²) in [7, 11) is 0. The molecule has 6 aliphatic rings. The Hall–Kier alpha value is 0.355. The molecule has 0 amide bonds. The van der Waals surface area contributed by atoms with Crippen LogP contribution in [-0.2, 0) is 0 Å². The lowest BCUT2D eigenvalue weighted by Gasteiger charge is -2.65. The predicted octanol–water partition coefficient (Wildman–Crippen LogP) is 6.36. The Morgan fingerprint density at radius 3 is 1.36 bits per heavy atom. The summed E-state index contributed by atoms with van der Waals surface area (Å²) in [6.07, 6.45) is 6.20. The van der Waals surface area contributed by atoms with Crippen LogP contribution < -0.4 is 0 Å². The minimum atomic E-state index is 0.438. The van der Waals surface area contributed by atoms with Gasteiger partial charge in [0.2, 0.25) is 0 Å². The average molecular weight is 321 g/mol. The summed E-state index contributed by atoms with van der Waals surface area (Å²) in [5.41, 5.74) is 1.18. The highest BCUT2D eigenvalue weighted by Gasteiger charge is 2.62. The molecule has 124 valence electrons. The summed E-state index contributed by atoms with van der Waals surface area (Å²) in [6.45, 7) is 15.0. The Balaban J connectivity index is 1.49. The molecule has 0 spiro atoms. The topological polar surface area (TPSA) is 0 Å². The quantitative estimate of drug-likeness (QED) is 0.519. The summed E-state index contributed by atoms with van der Waals surface area (Å²) in [6, 6.07) is 0. The second-order valence-electron chi connectivity index (χ2n) is 10.7. The van der Waals surface area contributed by atoms with Crippen LogP contribution in [0.3, 0.4) is 0 Å². The van der Waals surface area contributed by atoms with Gasteiger partial charge < -0.3 is 0 Å². The van der Waals surface area contributed by atoms with Gasteiger partial charge in [-0.05, 0) is 70.8 Å². The Kier molecular flexibility index (Phi) is 3.39. The van der Waals surface area contributed by atoms with Crippen molar-refractivity contribution in [1.82, 2.24) is 0 Å². The van der Waals surface area contributed by atoms with Crippen LogP contribution in [0.25, 0.3) is 0 Å². The number of halogens is 1. The predicted molar refractivity (Wildman–Crippen MR) is 97.4 cm³/mol. The summed E-state index contributed by atoms with van der Waals surface area (Å²) in [4.78, 5) is 0. The maximum atomic E-state index is 7.19. The first-order valence-corrected chi connectivity index (χ1v) is 10.2. The summed E-state index contributed by atoms with van der Waals surface area (Å²) < 4.78 is 0. The molecule has 0 N–H and O–H groups in total. The number of fused-ring (bicyclic) bond motifs is 4. The zero-order chi connectivity index (χ0) is 16.0. The zero-order valence-electron chi connectivity index (χ0n) is 15.4. The van der Waals surface area contributed by atoms with Crippen molar-refractivity contribution in [3.63, 3.8) is 0 Å². The lowest BCUT2D eigenvalue weighted by molar-refractivity contribution is -0.106. The van der Waals surface area contributed by atoms with Gasteiger partial charge >= 0.3 is 0 Å². The van der Waals surface area contributed by atoms with E-state index in [4.69, 9.17) is 11.5 Å². The molecule has 6 fully saturated rings. The second-order valence-corrected chi connectivity index (χ2v) is 11.2. The molecule has 8 atom stereocenters. The van der Waals surface area contributed by atoms with Crippen LogP contribution in [0.4, 0.5) is 0 Å². The first kappa shape index (κ1) is 15.9. The van der Waals surface area contributed by atoms with E-state index in [1.54, 1.807) is 0 Å². The molecule has 6 aliphatic carbocycles. The van der Waals surface area contributed by atoms with Crippen molar-refractivity contribution in [2.24, 2.45) is 46.3 Å². The van der Waals surface area contributed by atoms with Crippen LogP contribution in [0.15, 0.2) is 0 Å². The second kappa shape index (κ2) is 4.71. The molecule has 6 rings (SSSR count). The Bertz CT molecular complexity index is 428. The molecule has 0 radical (unpaired) electrons. The van der Waals surface area contributed by atoms with Gasteiger partial charge in [0.05, 0.1) is 0 Å². The average Bonchev–Trinajstić information content (AvgIpc) is 2.45. The van der Waals surface area contributed by atoms with E-state index in [2.05, 4.69) is 41.5 Å². The molecule has 0 aliphatic heterocycles. The van der Waals surface area contributed by atoms with Crippen LogP contribution >= 0.6 is 11.5 Å². The molecule has 2 heteroatoms. The lowest BCUT2D eigenvalue weighted by atomic mass is 9.30. The fourth-order valence-electron chi connectivity index (χ4n) is 7.54. The third kappa shape index (κ3) is 1.84. The molecule has 0 aromatic carbocycles. The molecule has 0 saturated heterocycles. The van der Waals surface area contributed by atoms with E-state index in [0.717, 1.165) is 47.1 Å². The van der Waals surface area contributed by atoms with Crippen LogP contribution in [0, 0.1) is 46.3 Å². The largest absolute Gasteiger partial charge is 0.257 e. The molecular formula is C20H34BCl. The summed E-state index contributed by atoms with van der Waals surface area (Å²) in [5.74, 6) is 7.00. The monoisotopic (exact) mass is 320 g/mol. The van der Waals surface area contributed by atoms with E-state index in [1.165, 1.54) is 25.7 Å². The standard InChI is InChI=1S/C20H34BCl/c1-11-15-7-13(19(15,3)4)9-17(11)21(22)18-10-14-8-16(12(18)2)20(14,5)6/h11-18H,7-10H2,1-6H3/t11?,12?,13-,14-,15+,16+,17?,18?/m1/s1. The summed E-state index contributed by atoms with van der Waals surface area (Å²) in [5, 5.41) is 0. The highest BCUT2D eigenvalue weighted by molar-refractivity contribution is 7.08. The van der Waals surface area contributed by atoms with E-state index in [-0.39, 0.29) is 0 Å². The van der Waals surface area contributed by atoms with Gasteiger partial charge in [0.25, 0.3) is 6.13 Å². The van der Waals surface area contributed by atoms with Crippen LogP contribution in [0.5, 0.6) is 0 Å². The number of rotatable bonds is 2. The van der Waals surface area contributed by atoms with Crippen LogP contribution in [0.1, 0.15) is 67.2 Å². The highest BCUT2D eigenvalue weighted by atomic mass is 35.5. The molecule has 22 heavy (non-hydrogen) atoms. The molecule has 4 bridgehead atoms. The first-order chi connectivity index (χ1) is 10.2. The van der Waals surface area contributed by atoms with Crippen LogP contribution in [-0.4, -0.2) is 6.13 Å². The Labute approximate surface area is 143 Å². The third-order valence-electron chi connectivity index (χ3n) is 9.64. The van der Waals surface area contributed by atoms with E-state index < -0.39 is 0 Å². The van der Waals surface area contributed by atoms with Gasteiger partial charge in [0, 0.05) is 0 Å². The van der Waals surface area contributed by atoms with Gasteiger partial charge in [-0.2, -0.15) is 11.5 Å². The fraction of sp³-hybridized carbons (Fsp3) is 1.00. The minimum absolute atomic E-state index is 0.438. The van der Waals surface area contributed by atoms with Crippen molar-refractivity contribution in [2.75, 3.05) is 0 Å². The van der Waals surface area contributed by atoms with E-state index in [0.29, 0.717) is 17.0 Å². The van der Waals surface area contributed by atoms with Crippen LogP contribution in [0.2, 0.25) is 11.6 Å². The fourth-order valence-corrected chi connectivity index (χ4v) is 8.20. The zero-order valence-corrected chi connectivity index (χ0v) is 16.2. The molecular weight excluding hydrogens is 286 g/mol. The van der Waals surface area contributed by atoms with E-state index in [9.17, 15) is 0 Å². The molecule has 4 unspecified atom stereocenters. The molecule has 0 heterocycles. The Morgan fingerprint density at radius 2 is 1.09 bits per heavy atom. The number of hydrogen-bond acceptors (Lipinski definition) is 0. The normalized spacial score (nSPS) is 54.1. The van der Waals surface area contributed by atoms with E-state index >= 15 is 0 Å². The minimum Gasteiger partial charge on any atom is -0.195 e. The van der Waals surface area contributed by atoms with Crippen molar-refractivity contribution in [3.8, 4) is 0 Å². The summed E-state index contributed by atoms with van der Waals surface area (Å²) >= 11 is 7.19. The first-order valence-electron chi connectivity index (χ1n) is 9.79. The van der Waals surface area contributed by atoms with Gasteiger partial charge in [-0.25, -0.2) is 0 Å². The molecule has 0 nitrogen and oxygen atoms in total. The lowest BCUT2D eigenvalue weighted by Crippen LogP contribution is -2.58.